The van der Waals surface area contributed by atoms with Crippen LogP contribution in [0.15, 0.2) is 0 Å². The Labute approximate surface area is 75.3 Å². The number of aliphatic hydroxyl groups is 1. The molecule has 12 heavy (non-hydrogen) atoms. The molecule has 0 amide bonds. The molecule has 0 aliphatic heterocycles. The third kappa shape index (κ3) is 5.52. The van der Waals surface area contributed by atoms with E-state index in [2.05, 4.69) is 19.2 Å². The summed E-state index contributed by atoms with van der Waals surface area (Å²) in [4.78, 5) is 0. The van der Waals surface area contributed by atoms with E-state index >= 15 is 0 Å². The SMILES string of the molecule is CC(C)CNCC(CO)C(C)N. The van der Waals surface area contributed by atoms with E-state index in [0.717, 1.165) is 13.1 Å². The third-order valence-electron chi connectivity index (χ3n) is 1.94. The zero-order valence-corrected chi connectivity index (χ0v) is 8.38. The van der Waals surface area contributed by atoms with Crippen molar-refractivity contribution >= 4 is 0 Å². The maximum Gasteiger partial charge on any atom is 0.0486 e. The number of rotatable bonds is 6. The Morgan fingerprint density at radius 1 is 1.25 bits per heavy atom. The molecule has 74 valence electrons. The maximum atomic E-state index is 8.94. The number of aliphatic hydroxyl groups excluding tert-OH is 1. The molecule has 0 aromatic rings. The quantitative estimate of drug-likeness (QED) is 0.538. The van der Waals surface area contributed by atoms with Gasteiger partial charge in [-0.15, -0.1) is 0 Å². The van der Waals surface area contributed by atoms with E-state index in [1.54, 1.807) is 0 Å². The zero-order valence-electron chi connectivity index (χ0n) is 8.38. The Bertz CT molecular complexity index is 105. The summed E-state index contributed by atoms with van der Waals surface area (Å²) in [5.74, 6) is 0.834. The van der Waals surface area contributed by atoms with E-state index in [-0.39, 0.29) is 18.6 Å². The minimum atomic E-state index is 0.0645. The van der Waals surface area contributed by atoms with Crippen LogP contribution in [0.3, 0.4) is 0 Å². The normalized spacial score (nSPS) is 16.5. The maximum absolute atomic E-state index is 8.94. The van der Waals surface area contributed by atoms with Gasteiger partial charge in [0.1, 0.15) is 0 Å². The van der Waals surface area contributed by atoms with Crippen molar-refractivity contribution in [2.75, 3.05) is 19.7 Å². The molecular formula is C9H22N2O. The molecule has 0 saturated carbocycles. The van der Waals surface area contributed by atoms with Crippen molar-refractivity contribution < 1.29 is 5.11 Å². The summed E-state index contributed by atoms with van der Waals surface area (Å²) in [6.07, 6.45) is 0. The Balaban J connectivity index is 3.45. The van der Waals surface area contributed by atoms with Crippen molar-refractivity contribution in [2.45, 2.75) is 26.8 Å². The predicted molar refractivity (Wildman–Crippen MR) is 51.9 cm³/mol. The summed E-state index contributed by atoms with van der Waals surface area (Å²) in [6.45, 7) is 8.22. The lowest BCUT2D eigenvalue weighted by Gasteiger charge is -2.19. The van der Waals surface area contributed by atoms with Crippen LogP contribution in [0.5, 0.6) is 0 Å². The summed E-state index contributed by atoms with van der Waals surface area (Å²) in [7, 11) is 0. The molecular weight excluding hydrogens is 152 g/mol. The zero-order chi connectivity index (χ0) is 9.56. The Kier molecular flexibility index (Phi) is 6.34. The van der Waals surface area contributed by atoms with E-state index in [0.29, 0.717) is 5.92 Å². The highest BCUT2D eigenvalue weighted by molar-refractivity contribution is 4.70. The molecule has 3 heteroatoms. The molecule has 0 saturated heterocycles. The molecule has 0 bridgehead atoms. The predicted octanol–water partition coefficient (Wildman–Crippen LogP) is 0.188. The topological polar surface area (TPSA) is 58.3 Å². The number of nitrogens with one attached hydrogen (secondary N) is 1. The molecule has 0 heterocycles. The highest BCUT2D eigenvalue weighted by atomic mass is 16.3. The van der Waals surface area contributed by atoms with Crippen LogP contribution in [0.25, 0.3) is 0 Å². The van der Waals surface area contributed by atoms with Crippen molar-refractivity contribution in [1.29, 1.82) is 0 Å². The average Bonchev–Trinajstić information content (AvgIpc) is 1.96. The van der Waals surface area contributed by atoms with Crippen LogP contribution in [-0.4, -0.2) is 30.8 Å². The second-order valence-electron chi connectivity index (χ2n) is 3.85. The van der Waals surface area contributed by atoms with Gasteiger partial charge in [0.05, 0.1) is 0 Å². The van der Waals surface area contributed by atoms with Crippen molar-refractivity contribution in [2.24, 2.45) is 17.6 Å². The van der Waals surface area contributed by atoms with Gasteiger partial charge in [-0.1, -0.05) is 13.8 Å². The number of hydrogen-bond acceptors (Lipinski definition) is 3. The molecule has 4 N–H and O–H groups in total. The second-order valence-corrected chi connectivity index (χ2v) is 3.85. The largest absolute Gasteiger partial charge is 0.396 e. The van der Waals surface area contributed by atoms with Crippen molar-refractivity contribution in [3.63, 3.8) is 0 Å². The Morgan fingerprint density at radius 2 is 1.83 bits per heavy atom. The van der Waals surface area contributed by atoms with Gasteiger partial charge in [0.15, 0.2) is 0 Å². The van der Waals surface area contributed by atoms with Gasteiger partial charge in [-0.3, -0.25) is 0 Å². The highest BCUT2D eigenvalue weighted by Crippen LogP contribution is 1.98. The molecule has 0 fully saturated rings. The smallest absolute Gasteiger partial charge is 0.0486 e. The molecule has 0 radical (unpaired) electrons. The summed E-state index contributed by atoms with van der Waals surface area (Å²) in [5, 5.41) is 12.2. The van der Waals surface area contributed by atoms with Crippen LogP contribution in [0.2, 0.25) is 0 Å². The molecule has 2 atom stereocenters. The van der Waals surface area contributed by atoms with Gasteiger partial charge in [0, 0.05) is 25.1 Å². The first-order valence-corrected chi connectivity index (χ1v) is 4.65. The first-order valence-electron chi connectivity index (χ1n) is 4.65. The molecule has 3 nitrogen and oxygen atoms in total. The van der Waals surface area contributed by atoms with Crippen LogP contribution in [0.1, 0.15) is 20.8 Å². The van der Waals surface area contributed by atoms with E-state index in [1.807, 2.05) is 6.92 Å². The van der Waals surface area contributed by atoms with Gasteiger partial charge >= 0.3 is 0 Å². The highest BCUT2D eigenvalue weighted by Gasteiger charge is 2.11. The molecule has 0 rings (SSSR count). The number of nitrogens with two attached hydrogens (primary N) is 1. The van der Waals surface area contributed by atoms with Crippen molar-refractivity contribution in [1.82, 2.24) is 5.32 Å². The summed E-state index contributed by atoms with van der Waals surface area (Å²) < 4.78 is 0. The second kappa shape index (κ2) is 6.40. The minimum Gasteiger partial charge on any atom is -0.396 e. The van der Waals surface area contributed by atoms with Gasteiger partial charge in [0.25, 0.3) is 0 Å². The molecule has 0 aromatic heterocycles. The fourth-order valence-electron chi connectivity index (χ4n) is 0.974. The third-order valence-corrected chi connectivity index (χ3v) is 1.94. The van der Waals surface area contributed by atoms with Crippen LogP contribution < -0.4 is 11.1 Å². The number of hydrogen-bond donors (Lipinski definition) is 3. The average molecular weight is 174 g/mol. The van der Waals surface area contributed by atoms with Gasteiger partial charge in [-0.05, 0) is 19.4 Å². The lowest BCUT2D eigenvalue weighted by Crippen LogP contribution is -2.38. The van der Waals surface area contributed by atoms with Crippen molar-refractivity contribution in [3.05, 3.63) is 0 Å². The molecule has 2 unspecified atom stereocenters. The first-order chi connectivity index (χ1) is 5.57. The first kappa shape index (κ1) is 11.9. The van der Waals surface area contributed by atoms with E-state index in [9.17, 15) is 0 Å². The molecule has 0 spiro atoms. The monoisotopic (exact) mass is 174 g/mol. The van der Waals surface area contributed by atoms with Gasteiger partial charge in [-0.2, -0.15) is 0 Å². The summed E-state index contributed by atoms with van der Waals surface area (Å²) in [6, 6.07) is 0.0645. The lowest BCUT2D eigenvalue weighted by molar-refractivity contribution is 0.204. The lowest BCUT2D eigenvalue weighted by atomic mass is 10.0. The Morgan fingerprint density at radius 3 is 2.17 bits per heavy atom. The van der Waals surface area contributed by atoms with E-state index in [4.69, 9.17) is 10.8 Å². The van der Waals surface area contributed by atoms with Gasteiger partial charge < -0.3 is 16.2 Å². The fourth-order valence-corrected chi connectivity index (χ4v) is 0.974. The van der Waals surface area contributed by atoms with Crippen molar-refractivity contribution in [3.8, 4) is 0 Å². The fraction of sp³-hybridized carbons (Fsp3) is 1.00. The molecule has 0 aliphatic rings. The van der Waals surface area contributed by atoms with E-state index in [1.165, 1.54) is 0 Å². The Hall–Kier alpha value is -0.120. The standard InChI is InChI=1S/C9H22N2O/c1-7(2)4-11-5-9(6-12)8(3)10/h7-9,11-12H,4-6,10H2,1-3H3. The van der Waals surface area contributed by atoms with Gasteiger partial charge in [-0.25, -0.2) is 0 Å². The molecule has 0 aliphatic carbocycles. The summed E-state index contributed by atoms with van der Waals surface area (Å²) >= 11 is 0. The van der Waals surface area contributed by atoms with Crippen LogP contribution in [0, 0.1) is 11.8 Å². The van der Waals surface area contributed by atoms with Crippen LogP contribution >= 0.6 is 0 Å². The minimum absolute atomic E-state index is 0.0645. The van der Waals surface area contributed by atoms with E-state index < -0.39 is 0 Å². The van der Waals surface area contributed by atoms with Crippen LogP contribution in [0.4, 0.5) is 0 Å². The summed E-state index contributed by atoms with van der Waals surface area (Å²) in [5.41, 5.74) is 5.66. The molecule has 0 aromatic carbocycles. The van der Waals surface area contributed by atoms with Gasteiger partial charge in [0.2, 0.25) is 0 Å². The van der Waals surface area contributed by atoms with Crippen LogP contribution in [-0.2, 0) is 0 Å².